The lowest BCUT2D eigenvalue weighted by Crippen LogP contribution is -2.56. The van der Waals surface area contributed by atoms with E-state index in [1.54, 1.807) is 0 Å². The van der Waals surface area contributed by atoms with E-state index < -0.39 is 0 Å². The highest BCUT2D eigenvalue weighted by Gasteiger charge is 2.35. The van der Waals surface area contributed by atoms with Gasteiger partial charge in [0.25, 0.3) is 0 Å². The van der Waals surface area contributed by atoms with E-state index in [9.17, 15) is 0 Å². The second-order valence-corrected chi connectivity index (χ2v) is 3.51. The molecule has 1 heterocycles. The first kappa shape index (κ1) is 7.03. The zero-order chi connectivity index (χ0) is 6.91. The van der Waals surface area contributed by atoms with Crippen molar-refractivity contribution in [3.05, 3.63) is 0 Å². The summed E-state index contributed by atoms with van der Waals surface area (Å²) in [6, 6.07) is 0. The summed E-state index contributed by atoms with van der Waals surface area (Å²) in [6.45, 7) is 5.96. The summed E-state index contributed by atoms with van der Waals surface area (Å²) >= 11 is 0. The maximum Gasteiger partial charge on any atom is 0.00570 e. The average molecular weight is 128 g/mol. The molecule has 1 aliphatic rings. The number of hydrogen-bond acceptors (Lipinski definition) is 2. The summed E-state index contributed by atoms with van der Waals surface area (Å²) < 4.78 is 0. The molecule has 0 aromatic rings. The third kappa shape index (κ3) is 1.43. The van der Waals surface area contributed by atoms with Crippen LogP contribution in [0.15, 0.2) is 0 Å². The molecule has 0 radical (unpaired) electrons. The molecule has 2 nitrogen and oxygen atoms in total. The van der Waals surface area contributed by atoms with Crippen molar-refractivity contribution in [1.29, 1.82) is 0 Å². The fraction of sp³-hybridized carbons (Fsp3) is 1.00. The van der Waals surface area contributed by atoms with Crippen LogP contribution in [-0.4, -0.2) is 38.6 Å². The van der Waals surface area contributed by atoms with Gasteiger partial charge in [0.05, 0.1) is 0 Å². The highest BCUT2D eigenvalue weighted by atomic mass is 15.2. The quantitative estimate of drug-likeness (QED) is 0.570. The van der Waals surface area contributed by atoms with Crippen molar-refractivity contribution in [3.63, 3.8) is 0 Å². The molecular weight excluding hydrogens is 112 g/mol. The zero-order valence-corrected chi connectivity index (χ0v) is 6.57. The second kappa shape index (κ2) is 2.27. The maximum atomic E-state index is 3.20. The lowest BCUT2D eigenvalue weighted by atomic mass is 9.82. The molecule has 1 aliphatic heterocycles. The fourth-order valence-electron chi connectivity index (χ4n) is 1.80. The first-order valence-corrected chi connectivity index (χ1v) is 3.49. The Morgan fingerprint density at radius 2 is 2.11 bits per heavy atom. The molecule has 0 aliphatic carbocycles. The van der Waals surface area contributed by atoms with Crippen molar-refractivity contribution in [3.8, 4) is 0 Å². The Kier molecular flexibility index (Phi) is 1.78. The topological polar surface area (TPSA) is 15.3 Å². The summed E-state index contributed by atoms with van der Waals surface area (Å²) in [4.78, 5) is 2.34. The zero-order valence-electron chi connectivity index (χ0n) is 6.57. The Balaban J connectivity index is 2.23. The largest absolute Gasteiger partial charge is 0.319 e. The molecule has 0 saturated carbocycles. The van der Waals surface area contributed by atoms with Gasteiger partial charge in [-0.25, -0.2) is 0 Å². The summed E-state index contributed by atoms with van der Waals surface area (Å²) in [5.74, 6) is 0. The van der Waals surface area contributed by atoms with Crippen LogP contribution in [0, 0.1) is 5.41 Å². The van der Waals surface area contributed by atoms with Crippen LogP contribution in [-0.2, 0) is 0 Å². The van der Waals surface area contributed by atoms with Gasteiger partial charge >= 0.3 is 0 Å². The normalized spacial score (nSPS) is 25.7. The van der Waals surface area contributed by atoms with Gasteiger partial charge in [-0.15, -0.1) is 0 Å². The van der Waals surface area contributed by atoms with Crippen molar-refractivity contribution in [2.45, 2.75) is 6.92 Å². The van der Waals surface area contributed by atoms with Gasteiger partial charge in [-0.2, -0.15) is 0 Å². The molecule has 1 N–H and O–H groups in total. The standard InChI is InChI=1S/C7H16N2/c1-7(4-8-2)5-9(3)6-7/h8H,4-6H2,1-3H3. The van der Waals surface area contributed by atoms with Gasteiger partial charge in [0.1, 0.15) is 0 Å². The number of hydrogen-bond donors (Lipinski definition) is 1. The van der Waals surface area contributed by atoms with Crippen LogP contribution in [0.1, 0.15) is 6.92 Å². The Hall–Kier alpha value is -0.0800. The first-order valence-electron chi connectivity index (χ1n) is 3.49. The molecular formula is C7H16N2. The van der Waals surface area contributed by atoms with Crippen LogP contribution >= 0.6 is 0 Å². The summed E-state index contributed by atoms with van der Waals surface area (Å²) in [5, 5.41) is 3.20. The van der Waals surface area contributed by atoms with Crippen LogP contribution in [0.4, 0.5) is 0 Å². The predicted molar refractivity (Wildman–Crippen MR) is 39.5 cm³/mol. The van der Waals surface area contributed by atoms with Gasteiger partial charge in [0.2, 0.25) is 0 Å². The Labute approximate surface area is 57.2 Å². The monoisotopic (exact) mass is 128 g/mol. The lowest BCUT2D eigenvalue weighted by Gasteiger charge is -2.46. The van der Waals surface area contributed by atoms with E-state index in [-0.39, 0.29) is 0 Å². The van der Waals surface area contributed by atoms with Crippen molar-refractivity contribution >= 4 is 0 Å². The summed E-state index contributed by atoms with van der Waals surface area (Å²) in [5.41, 5.74) is 0.559. The highest BCUT2D eigenvalue weighted by molar-refractivity contribution is 4.90. The van der Waals surface area contributed by atoms with Crippen LogP contribution in [0.2, 0.25) is 0 Å². The van der Waals surface area contributed by atoms with Gasteiger partial charge < -0.3 is 10.2 Å². The lowest BCUT2D eigenvalue weighted by molar-refractivity contribution is 0.0414. The van der Waals surface area contributed by atoms with E-state index in [0.29, 0.717) is 5.41 Å². The van der Waals surface area contributed by atoms with Crippen molar-refractivity contribution in [1.82, 2.24) is 10.2 Å². The molecule has 1 saturated heterocycles. The Bertz CT molecular complexity index is 89.6. The molecule has 0 bridgehead atoms. The van der Waals surface area contributed by atoms with Crippen LogP contribution in [0.5, 0.6) is 0 Å². The SMILES string of the molecule is CNCC1(C)CN(C)C1. The maximum absolute atomic E-state index is 3.20. The number of nitrogens with one attached hydrogen (secondary N) is 1. The molecule has 0 aromatic heterocycles. The van der Waals surface area contributed by atoms with Crippen LogP contribution < -0.4 is 5.32 Å². The van der Waals surface area contributed by atoms with Crippen molar-refractivity contribution in [2.75, 3.05) is 33.7 Å². The third-order valence-electron chi connectivity index (χ3n) is 1.91. The van der Waals surface area contributed by atoms with E-state index in [4.69, 9.17) is 0 Å². The molecule has 2 heteroatoms. The van der Waals surface area contributed by atoms with Gasteiger partial charge in [-0.1, -0.05) is 6.92 Å². The van der Waals surface area contributed by atoms with Gasteiger partial charge in [0.15, 0.2) is 0 Å². The molecule has 1 rings (SSSR count). The molecule has 0 aromatic carbocycles. The number of nitrogens with zero attached hydrogens (tertiary/aromatic N) is 1. The van der Waals surface area contributed by atoms with Gasteiger partial charge in [-0.05, 0) is 14.1 Å². The number of likely N-dealkylation sites (tertiary alicyclic amines) is 1. The molecule has 9 heavy (non-hydrogen) atoms. The smallest absolute Gasteiger partial charge is 0.00570 e. The van der Waals surface area contributed by atoms with E-state index in [2.05, 4.69) is 24.2 Å². The van der Waals surface area contributed by atoms with Gasteiger partial charge in [-0.3, -0.25) is 0 Å². The second-order valence-electron chi connectivity index (χ2n) is 3.51. The Morgan fingerprint density at radius 1 is 1.56 bits per heavy atom. The summed E-state index contributed by atoms with van der Waals surface area (Å²) in [6.07, 6.45) is 0. The van der Waals surface area contributed by atoms with E-state index >= 15 is 0 Å². The third-order valence-corrected chi connectivity index (χ3v) is 1.91. The fourth-order valence-corrected chi connectivity index (χ4v) is 1.80. The average Bonchev–Trinajstić information content (AvgIpc) is 1.62. The minimum atomic E-state index is 0.559. The first-order chi connectivity index (χ1) is 4.16. The molecule has 1 fully saturated rings. The Morgan fingerprint density at radius 3 is 2.44 bits per heavy atom. The molecule has 0 unspecified atom stereocenters. The summed E-state index contributed by atoms with van der Waals surface area (Å²) in [7, 11) is 4.18. The predicted octanol–water partition coefficient (Wildman–Crippen LogP) is 0.157. The molecule has 0 amide bonds. The van der Waals surface area contributed by atoms with Crippen molar-refractivity contribution < 1.29 is 0 Å². The van der Waals surface area contributed by atoms with Crippen LogP contribution in [0.3, 0.4) is 0 Å². The van der Waals surface area contributed by atoms with E-state index in [0.717, 1.165) is 6.54 Å². The minimum Gasteiger partial charge on any atom is -0.319 e. The molecule has 54 valence electrons. The van der Waals surface area contributed by atoms with Crippen molar-refractivity contribution in [2.24, 2.45) is 5.41 Å². The van der Waals surface area contributed by atoms with Crippen LogP contribution in [0.25, 0.3) is 0 Å². The number of rotatable bonds is 2. The highest BCUT2D eigenvalue weighted by Crippen LogP contribution is 2.26. The van der Waals surface area contributed by atoms with E-state index in [1.165, 1.54) is 13.1 Å². The molecule has 0 atom stereocenters. The van der Waals surface area contributed by atoms with Gasteiger partial charge in [0, 0.05) is 25.0 Å². The van der Waals surface area contributed by atoms with E-state index in [1.807, 2.05) is 7.05 Å². The minimum absolute atomic E-state index is 0.559. The molecule has 0 spiro atoms.